The zero-order chi connectivity index (χ0) is 10.7. The van der Waals surface area contributed by atoms with Crippen molar-refractivity contribution in [2.45, 2.75) is 36.1 Å². The van der Waals surface area contributed by atoms with Crippen molar-refractivity contribution >= 4 is 23.4 Å². The molecule has 1 aromatic rings. The van der Waals surface area contributed by atoms with E-state index in [0.29, 0.717) is 5.25 Å². The molecule has 0 saturated heterocycles. The molecule has 1 N–H and O–H groups in total. The summed E-state index contributed by atoms with van der Waals surface area (Å²) in [5.41, 5.74) is 0. The van der Waals surface area contributed by atoms with Gasteiger partial charge in [0.1, 0.15) is 5.03 Å². The first-order chi connectivity index (χ1) is 7.25. The molecule has 1 aliphatic carbocycles. The smallest absolute Gasteiger partial charge is 0.115 e. The summed E-state index contributed by atoms with van der Waals surface area (Å²) in [6, 6.07) is 4.52. The first-order valence-electron chi connectivity index (χ1n) is 5.26. The van der Waals surface area contributed by atoms with Crippen LogP contribution >= 0.6 is 23.4 Å². The molecule has 1 aliphatic rings. The lowest BCUT2D eigenvalue weighted by atomic mass is 10.4. The Bertz CT molecular complexity index is 328. The first kappa shape index (κ1) is 11.2. The van der Waals surface area contributed by atoms with E-state index in [1.54, 1.807) is 18.0 Å². The summed E-state index contributed by atoms with van der Waals surface area (Å²) < 4.78 is 0. The topological polar surface area (TPSA) is 24.9 Å². The van der Waals surface area contributed by atoms with Gasteiger partial charge in [-0.25, -0.2) is 4.98 Å². The predicted molar refractivity (Wildman–Crippen MR) is 65.6 cm³/mol. The number of thioether (sulfide) groups is 1. The lowest BCUT2D eigenvalue weighted by Gasteiger charge is -2.11. The lowest BCUT2D eigenvalue weighted by molar-refractivity contribution is 0.678. The Balaban J connectivity index is 1.81. The number of nitrogens with one attached hydrogen (secondary N) is 1. The van der Waals surface area contributed by atoms with Gasteiger partial charge in [0.15, 0.2) is 0 Å². The summed E-state index contributed by atoms with van der Waals surface area (Å²) in [6.07, 6.45) is 4.46. The standard InChI is InChI=1S/C11H15ClN2S/c1-8(7-14-9-4-5-9)15-11-10(12)3-2-6-13-11/h2-3,6,8-9,14H,4-5,7H2,1H3. The van der Waals surface area contributed by atoms with Crippen molar-refractivity contribution in [3.8, 4) is 0 Å². The normalized spacial score (nSPS) is 17.7. The Morgan fingerprint density at radius 3 is 3.13 bits per heavy atom. The van der Waals surface area contributed by atoms with E-state index in [4.69, 9.17) is 11.6 Å². The molecule has 2 nitrogen and oxygen atoms in total. The van der Waals surface area contributed by atoms with E-state index in [1.807, 2.05) is 12.1 Å². The maximum absolute atomic E-state index is 6.04. The van der Waals surface area contributed by atoms with E-state index in [2.05, 4.69) is 17.2 Å². The summed E-state index contributed by atoms with van der Waals surface area (Å²) in [5.74, 6) is 0. The van der Waals surface area contributed by atoms with E-state index in [-0.39, 0.29) is 0 Å². The number of hydrogen-bond donors (Lipinski definition) is 1. The molecule has 1 aromatic heterocycles. The highest BCUT2D eigenvalue weighted by molar-refractivity contribution is 8.00. The van der Waals surface area contributed by atoms with Crippen LogP contribution in [0.15, 0.2) is 23.4 Å². The average Bonchev–Trinajstić information content (AvgIpc) is 3.02. The SMILES string of the molecule is CC(CNC1CC1)Sc1ncccc1Cl. The quantitative estimate of drug-likeness (QED) is 0.804. The molecule has 0 spiro atoms. The fourth-order valence-electron chi connectivity index (χ4n) is 1.31. The third-order valence-corrected chi connectivity index (χ3v) is 3.84. The molecule has 1 atom stereocenters. The Hall–Kier alpha value is -0.250. The van der Waals surface area contributed by atoms with Crippen LogP contribution in [0.25, 0.3) is 0 Å². The highest BCUT2D eigenvalue weighted by Crippen LogP contribution is 2.28. The molecule has 0 bridgehead atoms. The Labute approximate surface area is 99.8 Å². The summed E-state index contributed by atoms with van der Waals surface area (Å²) in [7, 11) is 0. The van der Waals surface area contributed by atoms with Crippen molar-refractivity contribution in [2.24, 2.45) is 0 Å². The molecule has 0 radical (unpaired) electrons. The first-order valence-corrected chi connectivity index (χ1v) is 6.52. The Morgan fingerprint density at radius 1 is 1.67 bits per heavy atom. The number of pyridine rings is 1. The van der Waals surface area contributed by atoms with Gasteiger partial charge >= 0.3 is 0 Å². The van der Waals surface area contributed by atoms with Crippen molar-refractivity contribution in [2.75, 3.05) is 6.54 Å². The van der Waals surface area contributed by atoms with E-state index in [9.17, 15) is 0 Å². The fraction of sp³-hybridized carbons (Fsp3) is 0.545. The van der Waals surface area contributed by atoms with Crippen molar-refractivity contribution in [3.63, 3.8) is 0 Å². The average molecular weight is 243 g/mol. The summed E-state index contributed by atoms with van der Waals surface area (Å²) in [6.45, 7) is 3.23. The van der Waals surface area contributed by atoms with Crippen LogP contribution in [-0.4, -0.2) is 22.8 Å². The van der Waals surface area contributed by atoms with Crippen LogP contribution in [0.5, 0.6) is 0 Å². The molecule has 1 unspecified atom stereocenters. The third-order valence-electron chi connectivity index (χ3n) is 2.31. The molecule has 4 heteroatoms. The Morgan fingerprint density at radius 2 is 2.47 bits per heavy atom. The van der Waals surface area contributed by atoms with E-state index in [1.165, 1.54) is 12.8 Å². The van der Waals surface area contributed by atoms with Gasteiger partial charge in [0.05, 0.1) is 5.02 Å². The van der Waals surface area contributed by atoms with Crippen LogP contribution in [0, 0.1) is 0 Å². The highest BCUT2D eigenvalue weighted by Gasteiger charge is 2.21. The van der Waals surface area contributed by atoms with Gasteiger partial charge in [0.25, 0.3) is 0 Å². The van der Waals surface area contributed by atoms with Crippen LogP contribution in [0.1, 0.15) is 19.8 Å². The zero-order valence-electron chi connectivity index (χ0n) is 8.74. The van der Waals surface area contributed by atoms with Crippen LogP contribution in [0.2, 0.25) is 5.02 Å². The summed E-state index contributed by atoms with van der Waals surface area (Å²) in [5, 5.41) is 5.70. The second-order valence-corrected chi connectivity index (χ2v) is 5.74. The van der Waals surface area contributed by atoms with E-state index < -0.39 is 0 Å². The molecule has 15 heavy (non-hydrogen) atoms. The van der Waals surface area contributed by atoms with Crippen molar-refractivity contribution in [1.82, 2.24) is 10.3 Å². The molecule has 0 aliphatic heterocycles. The van der Waals surface area contributed by atoms with E-state index >= 15 is 0 Å². The lowest BCUT2D eigenvalue weighted by Crippen LogP contribution is -2.24. The monoisotopic (exact) mass is 242 g/mol. The van der Waals surface area contributed by atoms with Crippen LogP contribution in [0.4, 0.5) is 0 Å². The molecule has 0 aromatic carbocycles. The van der Waals surface area contributed by atoms with Gasteiger partial charge in [-0.2, -0.15) is 0 Å². The molecule has 1 fully saturated rings. The van der Waals surface area contributed by atoms with Crippen molar-refractivity contribution in [1.29, 1.82) is 0 Å². The van der Waals surface area contributed by atoms with Crippen LogP contribution in [0.3, 0.4) is 0 Å². The minimum atomic E-state index is 0.512. The Kier molecular flexibility index (Phi) is 3.89. The molecular formula is C11H15ClN2S. The zero-order valence-corrected chi connectivity index (χ0v) is 10.3. The number of aromatic nitrogens is 1. The second kappa shape index (κ2) is 5.19. The van der Waals surface area contributed by atoms with Gasteiger partial charge in [-0.3, -0.25) is 0 Å². The van der Waals surface area contributed by atoms with Gasteiger partial charge in [-0.1, -0.05) is 18.5 Å². The number of hydrogen-bond acceptors (Lipinski definition) is 3. The van der Waals surface area contributed by atoms with Gasteiger partial charge < -0.3 is 5.32 Å². The maximum Gasteiger partial charge on any atom is 0.115 e. The second-order valence-electron chi connectivity index (χ2n) is 3.90. The summed E-state index contributed by atoms with van der Waals surface area (Å²) >= 11 is 7.77. The van der Waals surface area contributed by atoms with Gasteiger partial charge in [-0.05, 0) is 25.0 Å². The number of rotatable bonds is 5. The fourth-order valence-corrected chi connectivity index (χ4v) is 2.43. The molecular weight excluding hydrogens is 228 g/mol. The van der Waals surface area contributed by atoms with Gasteiger partial charge in [0, 0.05) is 24.0 Å². The van der Waals surface area contributed by atoms with Gasteiger partial charge in [0.2, 0.25) is 0 Å². The highest BCUT2D eigenvalue weighted by atomic mass is 35.5. The molecule has 1 saturated carbocycles. The minimum absolute atomic E-state index is 0.512. The van der Waals surface area contributed by atoms with Crippen molar-refractivity contribution < 1.29 is 0 Å². The van der Waals surface area contributed by atoms with Gasteiger partial charge in [-0.15, -0.1) is 11.8 Å². The maximum atomic E-state index is 6.04. The molecule has 1 heterocycles. The molecule has 2 rings (SSSR count). The predicted octanol–water partition coefficient (Wildman–Crippen LogP) is 2.97. The van der Waals surface area contributed by atoms with E-state index in [0.717, 1.165) is 22.6 Å². The largest absolute Gasteiger partial charge is 0.313 e. The molecule has 0 amide bonds. The summed E-state index contributed by atoms with van der Waals surface area (Å²) in [4.78, 5) is 4.26. The van der Waals surface area contributed by atoms with Crippen LogP contribution in [-0.2, 0) is 0 Å². The number of halogens is 1. The van der Waals surface area contributed by atoms with Crippen LogP contribution < -0.4 is 5.32 Å². The van der Waals surface area contributed by atoms with Crippen molar-refractivity contribution in [3.05, 3.63) is 23.4 Å². The molecule has 82 valence electrons. The number of nitrogens with zero attached hydrogens (tertiary/aromatic N) is 1. The third kappa shape index (κ3) is 3.67. The minimum Gasteiger partial charge on any atom is -0.313 e.